The molecule has 2 atom stereocenters. The first kappa shape index (κ1) is 19.4. The van der Waals surface area contributed by atoms with Crippen molar-refractivity contribution in [2.24, 2.45) is 0 Å². The van der Waals surface area contributed by atoms with E-state index in [-0.39, 0.29) is 23.3 Å². The van der Waals surface area contributed by atoms with Crippen LogP contribution in [0, 0.1) is 0 Å². The Kier molecular flexibility index (Phi) is 4.99. The number of carbonyl (C=O) groups excluding carboxylic acids is 1. The highest BCUT2D eigenvalue weighted by molar-refractivity contribution is 5.80. The van der Waals surface area contributed by atoms with Gasteiger partial charge in [-0.15, -0.1) is 0 Å². The normalized spacial score (nSPS) is 18.3. The van der Waals surface area contributed by atoms with Gasteiger partial charge in [-0.25, -0.2) is 0 Å². The molecule has 150 valence electrons. The van der Waals surface area contributed by atoms with Crippen LogP contribution in [-0.4, -0.2) is 27.5 Å². The summed E-state index contributed by atoms with van der Waals surface area (Å²) in [5.74, 6) is 1.20. The minimum absolute atomic E-state index is 0.0324. The molecule has 5 nitrogen and oxygen atoms in total. The Morgan fingerprint density at radius 3 is 2.41 bits per heavy atom. The molecule has 1 aliphatic heterocycles. The molecule has 1 saturated heterocycles. The number of carbonyl (C=O) groups is 1. The summed E-state index contributed by atoms with van der Waals surface area (Å²) in [4.78, 5) is 19.1. The predicted octanol–water partition coefficient (Wildman–Crippen LogP) is 5.11. The van der Waals surface area contributed by atoms with E-state index in [0.717, 1.165) is 11.1 Å². The smallest absolute Gasteiger partial charge is 0.257 e. The summed E-state index contributed by atoms with van der Waals surface area (Å²) in [6, 6.07) is 18.4. The van der Waals surface area contributed by atoms with Crippen LogP contribution in [0.15, 0.2) is 59.1 Å². The molecular formula is C24H27N3O2. The molecule has 1 aromatic heterocycles. The second-order valence-electron chi connectivity index (χ2n) is 8.82. The highest BCUT2D eigenvalue weighted by Gasteiger charge is 2.36. The van der Waals surface area contributed by atoms with Gasteiger partial charge in [0.1, 0.15) is 0 Å². The van der Waals surface area contributed by atoms with Crippen LogP contribution in [0.3, 0.4) is 0 Å². The zero-order valence-electron chi connectivity index (χ0n) is 17.4. The van der Waals surface area contributed by atoms with Crippen LogP contribution in [-0.2, 0) is 10.2 Å². The number of benzene rings is 2. The van der Waals surface area contributed by atoms with E-state index in [1.807, 2.05) is 35.2 Å². The molecule has 0 N–H and O–H groups in total. The van der Waals surface area contributed by atoms with E-state index < -0.39 is 0 Å². The van der Waals surface area contributed by atoms with Crippen LogP contribution in [0.25, 0.3) is 11.5 Å². The van der Waals surface area contributed by atoms with Crippen molar-refractivity contribution in [3.05, 3.63) is 71.5 Å². The molecular weight excluding hydrogens is 362 g/mol. The number of amides is 1. The van der Waals surface area contributed by atoms with E-state index >= 15 is 0 Å². The molecule has 5 heteroatoms. The summed E-state index contributed by atoms with van der Waals surface area (Å²) in [6.45, 7) is 9.23. The van der Waals surface area contributed by atoms with Crippen LogP contribution in [0.1, 0.15) is 63.0 Å². The maximum Gasteiger partial charge on any atom is 0.257 e. The highest BCUT2D eigenvalue weighted by Crippen LogP contribution is 2.34. The van der Waals surface area contributed by atoms with Crippen molar-refractivity contribution >= 4 is 5.91 Å². The molecule has 2 heterocycles. The molecule has 1 aliphatic rings. The van der Waals surface area contributed by atoms with E-state index in [2.05, 4.69) is 62.1 Å². The maximum atomic E-state index is 12.6. The van der Waals surface area contributed by atoms with Crippen molar-refractivity contribution in [3.8, 4) is 11.5 Å². The first-order valence-corrected chi connectivity index (χ1v) is 10.1. The van der Waals surface area contributed by atoms with Crippen LogP contribution in [0.2, 0.25) is 0 Å². The van der Waals surface area contributed by atoms with Gasteiger partial charge in [-0.3, -0.25) is 4.79 Å². The first-order chi connectivity index (χ1) is 13.8. The van der Waals surface area contributed by atoms with Gasteiger partial charge >= 0.3 is 0 Å². The molecule has 1 amide bonds. The SMILES string of the molecule is CC(c1ccccc1)N1CC(c2noc(-c3ccc(C(C)(C)C)cc3)n2)CC1=O. The summed E-state index contributed by atoms with van der Waals surface area (Å²) >= 11 is 0. The molecule has 1 fully saturated rings. The minimum atomic E-state index is -0.0417. The lowest BCUT2D eigenvalue weighted by molar-refractivity contribution is -0.129. The third-order valence-corrected chi connectivity index (χ3v) is 5.71. The van der Waals surface area contributed by atoms with Gasteiger partial charge in [-0.2, -0.15) is 4.98 Å². The standard InChI is InChI=1S/C24H27N3O2/c1-16(17-8-6-5-7-9-17)27-15-19(14-21(27)28)22-25-23(29-26-22)18-10-12-20(13-11-18)24(2,3)4/h5-13,16,19H,14-15H2,1-4H3. The fraction of sp³-hybridized carbons (Fsp3) is 0.375. The van der Waals surface area contributed by atoms with Gasteiger partial charge in [0.25, 0.3) is 5.89 Å². The molecule has 0 bridgehead atoms. The van der Waals surface area contributed by atoms with Gasteiger partial charge in [-0.1, -0.05) is 68.4 Å². The average molecular weight is 389 g/mol. The molecule has 0 saturated carbocycles. The van der Waals surface area contributed by atoms with Gasteiger partial charge in [0.05, 0.1) is 6.04 Å². The quantitative estimate of drug-likeness (QED) is 0.622. The monoisotopic (exact) mass is 389 g/mol. The maximum absolute atomic E-state index is 12.6. The number of rotatable bonds is 4. The third kappa shape index (κ3) is 3.95. The summed E-state index contributed by atoms with van der Waals surface area (Å²) in [6.07, 6.45) is 0.416. The summed E-state index contributed by atoms with van der Waals surface area (Å²) in [5.41, 5.74) is 3.39. The predicted molar refractivity (Wildman–Crippen MR) is 112 cm³/mol. The van der Waals surface area contributed by atoms with E-state index in [4.69, 9.17) is 4.52 Å². The Bertz CT molecular complexity index is 987. The molecule has 0 aliphatic carbocycles. The van der Waals surface area contributed by atoms with Gasteiger partial charge in [0, 0.05) is 24.4 Å². The Morgan fingerprint density at radius 1 is 1.07 bits per heavy atom. The molecule has 29 heavy (non-hydrogen) atoms. The van der Waals surface area contributed by atoms with Crippen molar-refractivity contribution in [2.75, 3.05) is 6.54 Å². The number of hydrogen-bond donors (Lipinski definition) is 0. The van der Waals surface area contributed by atoms with Crippen LogP contribution < -0.4 is 0 Å². The zero-order chi connectivity index (χ0) is 20.6. The van der Waals surface area contributed by atoms with Crippen molar-refractivity contribution in [3.63, 3.8) is 0 Å². The fourth-order valence-corrected chi connectivity index (χ4v) is 3.82. The lowest BCUT2D eigenvalue weighted by atomic mass is 9.87. The van der Waals surface area contributed by atoms with Gasteiger partial charge < -0.3 is 9.42 Å². The third-order valence-electron chi connectivity index (χ3n) is 5.71. The van der Waals surface area contributed by atoms with Crippen LogP contribution >= 0.6 is 0 Å². The second kappa shape index (κ2) is 7.47. The average Bonchev–Trinajstić information content (AvgIpc) is 3.34. The van der Waals surface area contributed by atoms with Crippen molar-refractivity contribution in [1.29, 1.82) is 0 Å². The summed E-state index contributed by atoms with van der Waals surface area (Å²) in [7, 11) is 0. The number of likely N-dealkylation sites (tertiary alicyclic amines) is 1. The fourth-order valence-electron chi connectivity index (χ4n) is 3.82. The Labute approximate surface area is 171 Å². The molecule has 2 unspecified atom stereocenters. The minimum Gasteiger partial charge on any atom is -0.335 e. The molecule has 3 aromatic rings. The lowest BCUT2D eigenvalue weighted by Gasteiger charge is -2.25. The molecule has 4 rings (SSSR count). The summed E-state index contributed by atoms with van der Waals surface area (Å²) < 4.78 is 5.51. The second-order valence-corrected chi connectivity index (χ2v) is 8.82. The molecule has 0 spiro atoms. The highest BCUT2D eigenvalue weighted by atomic mass is 16.5. The zero-order valence-corrected chi connectivity index (χ0v) is 17.4. The van der Waals surface area contributed by atoms with Crippen LogP contribution in [0.5, 0.6) is 0 Å². The van der Waals surface area contributed by atoms with Crippen molar-refractivity contribution in [2.45, 2.75) is 51.5 Å². The van der Waals surface area contributed by atoms with Gasteiger partial charge in [0.2, 0.25) is 5.91 Å². The van der Waals surface area contributed by atoms with E-state index in [0.29, 0.717) is 24.7 Å². The molecule has 0 radical (unpaired) electrons. The largest absolute Gasteiger partial charge is 0.335 e. The van der Waals surface area contributed by atoms with Gasteiger partial charge in [-0.05, 0) is 35.6 Å². The number of hydrogen-bond acceptors (Lipinski definition) is 4. The Morgan fingerprint density at radius 2 is 1.76 bits per heavy atom. The number of nitrogens with zero attached hydrogens (tertiary/aromatic N) is 3. The Hall–Kier alpha value is -2.95. The van der Waals surface area contributed by atoms with E-state index in [1.54, 1.807) is 0 Å². The van der Waals surface area contributed by atoms with Gasteiger partial charge in [0.15, 0.2) is 5.82 Å². The number of aromatic nitrogens is 2. The van der Waals surface area contributed by atoms with Crippen molar-refractivity contribution < 1.29 is 9.32 Å². The van der Waals surface area contributed by atoms with E-state index in [9.17, 15) is 4.79 Å². The topological polar surface area (TPSA) is 59.2 Å². The lowest BCUT2D eigenvalue weighted by Crippen LogP contribution is -2.28. The first-order valence-electron chi connectivity index (χ1n) is 10.1. The van der Waals surface area contributed by atoms with Crippen LogP contribution in [0.4, 0.5) is 0 Å². The Balaban J connectivity index is 1.49. The van der Waals surface area contributed by atoms with E-state index in [1.165, 1.54) is 5.56 Å². The molecule has 2 aromatic carbocycles. The summed E-state index contributed by atoms with van der Waals surface area (Å²) in [5, 5.41) is 4.18. The van der Waals surface area contributed by atoms with Crippen molar-refractivity contribution in [1.82, 2.24) is 15.0 Å².